The lowest BCUT2D eigenvalue weighted by Crippen LogP contribution is -2.15. The van der Waals surface area contributed by atoms with Gasteiger partial charge in [-0.15, -0.1) is 0 Å². The predicted octanol–water partition coefficient (Wildman–Crippen LogP) is 4.51. The van der Waals surface area contributed by atoms with Crippen LogP contribution < -0.4 is 5.73 Å². The first-order valence-corrected chi connectivity index (χ1v) is 6.37. The van der Waals surface area contributed by atoms with Crippen molar-refractivity contribution in [2.24, 2.45) is 5.73 Å². The van der Waals surface area contributed by atoms with Gasteiger partial charge in [-0.2, -0.15) is 0 Å². The van der Waals surface area contributed by atoms with E-state index in [-0.39, 0.29) is 5.56 Å². The van der Waals surface area contributed by atoms with Crippen molar-refractivity contribution < 1.29 is 8.78 Å². The first kappa shape index (κ1) is 14.3. The highest BCUT2D eigenvalue weighted by atomic mass is 35.5. The van der Waals surface area contributed by atoms with E-state index in [0.29, 0.717) is 16.5 Å². The minimum atomic E-state index is -0.646. The Morgan fingerprint density at radius 3 is 2.37 bits per heavy atom. The maximum absolute atomic E-state index is 13.6. The van der Waals surface area contributed by atoms with Crippen LogP contribution in [0.3, 0.4) is 0 Å². The summed E-state index contributed by atoms with van der Waals surface area (Å²) >= 11 is 11.7. The van der Waals surface area contributed by atoms with Gasteiger partial charge in [0.05, 0.1) is 10.0 Å². The largest absolute Gasteiger partial charge is 0.324 e. The molecule has 19 heavy (non-hydrogen) atoms. The molecule has 0 heterocycles. The molecular weight excluding hydrogens is 291 g/mol. The van der Waals surface area contributed by atoms with Crippen molar-refractivity contribution >= 4 is 23.2 Å². The Labute approximate surface area is 119 Å². The second-order valence-corrected chi connectivity index (χ2v) is 5.04. The highest BCUT2D eigenvalue weighted by molar-refractivity contribution is 6.42. The fourth-order valence-electron chi connectivity index (χ4n) is 1.83. The Balaban J connectivity index is 2.20. The molecular formula is C14H11Cl2F2N. The topological polar surface area (TPSA) is 26.0 Å². The SMILES string of the molecule is NC(Cc1ccc(Cl)c(Cl)c1)c1ccc(F)cc1F. The van der Waals surface area contributed by atoms with Crippen LogP contribution in [0.2, 0.25) is 10.0 Å². The van der Waals surface area contributed by atoms with Crippen LogP contribution in [0.25, 0.3) is 0 Å². The fourth-order valence-corrected chi connectivity index (χ4v) is 2.15. The molecule has 0 radical (unpaired) electrons. The Hall–Kier alpha value is -1.16. The molecule has 0 amide bonds. The van der Waals surface area contributed by atoms with Crippen LogP contribution in [0.15, 0.2) is 36.4 Å². The van der Waals surface area contributed by atoms with Crippen molar-refractivity contribution in [1.82, 2.24) is 0 Å². The van der Waals surface area contributed by atoms with E-state index in [4.69, 9.17) is 28.9 Å². The highest BCUT2D eigenvalue weighted by Gasteiger charge is 2.13. The van der Waals surface area contributed by atoms with Crippen LogP contribution in [0.4, 0.5) is 8.78 Å². The standard InChI is InChI=1S/C14H11Cl2F2N/c15-11-4-1-8(5-12(11)16)6-14(19)10-3-2-9(17)7-13(10)18/h1-5,7,14H,6,19H2. The first-order valence-electron chi connectivity index (χ1n) is 5.62. The number of benzene rings is 2. The van der Waals surface area contributed by atoms with Gasteiger partial charge in [0.25, 0.3) is 0 Å². The van der Waals surface area contributed by atoms with Gasteiger partial charge < -0.3 is 5.73 Å². The molecule has 2 aromatic carbocycles. The summed E-state index contributed by atoms with van der Waals surface area (Å²) in [5.41, 5.74) is 7.04. The summed E-state index contributed by atoms with van der Waals surface area (Å²) in [4.78, 5) is 0. The van der Waals surface area contributed by atoms with Crippen LogP contribution in [-0.4, -0.2) is 0 Å². The minimum absolute atomic E-state index is 0.271. The zero-order valence-corrected chi connectivity index (χ0v) is 11.3. The molecule has 2 rings (SSSR count). The Bertz CT molecular complexity index is 602. The third-order valence-corrected chi connectivity index (χ3v) is 3.54. The molecule has 1 nitrogen and oxygen atoms in total. The third kappa shape index (κ3) is 3.44. The van der Waals surface area contributed by atoms with Crippen molar-refractivity contribution in [2.75, 3.05) is 0 Å². The summed E-state index contributed by atoms with van der Waals surface area (Å²) < 4.78 is 26.4. The molecule has 2 N–H and O–H groups in total. The highest BCUT2D eigenvalue weighted by Crippen LogP contribution is 2.25. The van der Waals surface area contributed by atoms with Crippen LogP contribution in [0, 0.1) is 11.6 Å². The lowest BCUT2D eigenvalue weighted by atomic mass is 9.99. The molecule has 1 unspecified atom stereocenters. The smallest absolute Gasteiger partial charge is 0.130 e. The van der Waals surface area contributed by atoms with Crippen molar-refractivity contribution in [3.05, 3.63) is 69.2 Å². The normalized spacial score (nSPS) is 12.5. The number of rotatable bonds is 3. The summed E-state index contributed by atoms with van der Waals surface area (Å²) in [6.45, 7) is 0. The molecule has 5 heteroatoms. The quantitative estimate of drug-likeness (QED) is 0.886. The summed E-state index contributed by atoms with van der Waals surface area (Å²) in [7, 11) is 0. The predicted molar refractivity (Wildman–Crippen MR) is 73.5 cm³/mol. The monoisotopic (exact) mass is 301 g/mol. The summed E-state index contributed by atoms with van der Waals surface area (Å²) in [6, 6.07) is 7.91. The van der Waals surface area contributed by atoms with Crippen molar-refractivity contribution in [1.29, 1.82) is 0 Å². The molecule has 0 saturated carbocycles. The van der Waals surface area contributed by atoms with Gasteiger partial charge in [0.1, 0.15) is 11.6 Å². The molecule has 0 bridgehead atoms. The van der Waals surface area contributed by atoms with Gasteiger partial charge in [0.15, 0.2) is 0 Å². The van der Waals surface area contributed by atoms with E-state index < -0.39 is 17.7 Å². The van der Waals surface area contributed by atoms with Crippen molar-refractivity contribution in [2.45, 2.75) is 12.5 Å². The Morgan fingerprint density at radius 1 is 1.00 bits per heavy atom. The van der Waals surface area contributed by atoms with E-state index in [2.05, 4.69) is 0 Å². The molecule has 0 spiro atoms. The van der Waals surface area contributed by atoms with E-state index in [1.165, 1.54) is 12.1 Å². The fraction of sp³-hybridized carbons (Fsp3) is 0.143. The molecule has 100 valence electrons. The number of hydrogen-bond acceptors (Lipinski definition) is 1. The van der Waals surface area contributed by atoms with Gasteiger partial charge in [0.2, 0.25) is 0 Å². The van der Waals surface area contributed by atoms with Crippen LogP contribution in [0.1, 0.15) is 17.2 Å². The summed E-state index contributed by atoms with van der Waals surface area (Å²) in [5.74, 6) is -1.27. The molecule has 0 saturated heterocycles. The van der Waals surface area contributed by atoms with E-state index in [1.807, 2.05) is 0 Å². The third-order valence-electron chi connectivity index (χ3n) is 2.80. The van der Waals surface area contributed by atoms with Gasteiger partial charge in [-0.1, -0.05) is 35.3 Å². The van der Waals surface area contributed by atoms with E-state index in [0.717, 1.165) is 11.6 Å². The van der Waals surface area contributed by atoms with Crippen LogP contribution >= 0.6 is 23.2 Å². The molecule has 0 aliphatic rings. The van der Waals surface area contributed by atoms with Crippen LogP contribution in [-0.2, 0) is 6.42 Å². The molecule has 0 fully saturated rings. The lowest BCUT2D eigenvalue weighted by molar-refractivity contribution is 0.554. The second-order valence-electron chi connectivity index (χ2n) is 4.22. The molecule has 1 atom stereocenters. The maximum atomic E-state index is 13.6. The molecule has 0 aromatic heterocycles. The van der Waals surface area contributed by atoms with Gasteiger partial charge in [-0.25, -0.2) is 8.78 Å². The van der Waals surface area contributed by atoms with E-state index in [9.17, 15) is 8.78 Å². The number of hydrogen-bond donors (Lipinski definition) is 1. The van der Waals surface area contributed by atoms with Gasteiger partial charge >= 0.3 is 0 Å². The van der Waals surface area contributed by atoms with Gasteiger partial charge in [-0.3, -0.25) is 0 Å². The molecule has 0 aliphatic heterocycles. The Kier molecular flexibility index (Phi) is 4.40. The zero-order valence-electron chi connectivity index (χ0n) is 9.84. The van der Waals surface area contributed by atoms with E-state index >= 15 is 0 Å². The molecule has 0 aliphatic carbocycles. The molecule has 2 aromatic rings. The van der Waals surface area contributed by atoms with Crippen molar-refractivity contribution in [3.63, 3.8) is 0 Å². The van der Waals surface area contributed by atoms with E-state index in [1.54, 1.807) is 18.2 Å². The second kappa shape index (κ2) is 5.87. The summed E-state index contributed by atoms with van der Waals surface area (Å²) in [6.07, 6.45) is 0.388. The van der Waals surface area contributed by atoms with Crippen LogP contribution in [0.5, 0.6) is 0 Å². The average molecular weight is 302 g/mol. The lowest BCUT2D eigenvalue weighted by Gasteiger charge is -2.13. The maximum Gasteiger partial charge on any atom is 0.130 e. The number of halogens is 4. The zero-order chi connectivity index (χ0) is 14.0. The first-order chi connectivity index (χ1) is 8.97. The van der Waals surface area contributed by atoms with Crippen molar-refractivity contribution in [3.8, 4) is 0 Å². The Morgan fingerprint density at radius 2 is 1.74 bits per heavy atom. The number of nitrogens with two attached hydrogens (primary N) is 1. The average Bonchev–Trinajstić information content (AvgIpc) is 2.33. The van der Waals surface area contributed by atoms with Gasteiger partial charge in [-0.05, 0) is 30.2 Å². The van der Waals surface area contributed by atoms with Gasteiger partial charge in [0, 0.05) is 17.7 Å². The minimum Gasteiger partial charge on any atom is -0.324 e. The summed E-state index contributed by atoms with van der Waals surface area (Å²) in [5, 5.41) is 0.873.